The molecule has 0 aromatic heterocycles. The molecular weight excluding hydrogens is 248 g/mol. The number of hydrogen-bond donors (Lipinski definition) is 2. The van der Waals surface area contributed by atoms with Gasteiger partial charge in [-0.3, -0.25) is 9.59 Å². The second-order valence-electron chi connectivity index (χ2n) is 4.31. The minimum absolute atomic E-state index is 0.0694. The summed E-state index contributed by atoms with van der Waals surface area (Å²) >= 11 is 1.81. The van der Waals surface area contributed by atoms with Gasteiger partial charge in [-0.2, -0.15) is 11.8 Å². The summed E-state index contributed by atoms with van der Waals surface area (Å²) in [6.45, 7) is 1.46. The predicted octanol–water partition coefficient (Wildman–Crippen LogP) is 2.34. The van der Waals surface area contributed by atoms with Crippen molar-refractivity contribution in [2.24, 2.45) is 5.92 Å². The van der Waals surface area contributed by atoms with Gasteiger partial charge in [-0.15, -0.1) is 0 Å². The lowest BCUT2D eigenvalue weighted by molar-refractivity contribution is -0.119. The largest absolute Gasteiger partial charge is 0.326 e. The van der Waals surface area contributed by atoms with Crippen LogP contribution in [0, 0.1) is 5.92 Å². The van der Waals surface area contributed by atoms with E-state index >= 15 is 0 Å². The maximum atomic E-state index is 11.9. The molecule has 1 unspecified atom stereocenters. The maximum absolute atomic E-state index is 11.9. The average Bonchev–Trinajstić information content (AvgIpc) is 2.81. The second kappa shape index (κ2) is 5.91. The molecule has 2 N–H and O–H groups in total. The molecule has 0 saturated carbocycles. The van der Waals surface area contributed by atoms with E-state index in [0.717, 1.165) is 23.6 Å². The third-order valence-electron chi connectivity index (χ3n) is 2.75. The number of carbonyl (C=O) groups excluding carboxylic acids is 2. The maximum Gasteiger partial charge on any atom is 0.228 e. The highest BCUT2D eigenvalue weighted by atomic mass is 32.2. The Labute approximate surface area is 111 Å². The fourth-order valence-electron chi connectivity index (χ4n) is 1.86. The van der Waals surface area contributed by atoms with Gasteiger partial charge in [0.1, 0.15) is 0 Å². The standard InChI is InChI=1S/C13H16N2O2S/c1-9(16)14-11-3-2-4-12(7-11)15-13(17)10-5-6-18-8-10/h2-4,7,10H,5-6,8H2,1H3,(H,14,16)(H,15,17). The van der Waals surface area contributed by atoms with E-state index in [0.29, 0.717) is 5.69 Å². The minimum Gasteiger partial charge on any atom is -0.326 e. The van der Waals surface area contributed by atoms with Crippen molar-refractivity contribution in [1.29, 1.82) is 0 Å². The molecule has 1 aromatic carbocycles. The highest BCUT2D eigenvalue weighted by Crippen LogP contribution is 2.25. The SMILES string of the molecule is CC(=O)Nc1cccc(NC(=O)C2CCSC2)c1. The first-order valence-corrected chi connectivity index (χ1v) is 7.07. The first-order valence-electron chi connectivity index (χ1n) is 5.91. The number of carbonyl (C=O) groups is 2. The molecule has 2 amide bonds. The highest BCUT2D eigenvalue weighted by Gasteiger charge is 2.23. The molecule has 4 nitrogen and oxygen atoms in total. The minimum atomic E-state index is -0.120. The second-order valence-corrected chi connectivity index (χ2v) is 5.46. The van der Waals surface area contributed by atoms with Gasteiger partial charge < -0.3 is 10.6 Å². The molecule has 0 spiro atoms. The molecule has 1 aliphatic heterocycles. The smallest absolute Gasteiger partial charge is 0.228 e. The summed E-state index contributed by atoms with van der Waals surface area (Å²) in [5, 5.41) is 5.59. The van der Waals surface area contributed by atoms with Crippen molar-refractivity contribution in [2.75, 3.05) is 22.1 Å². The van der Waals surface area contributed by atoms with Gasteiger partial charge in [0.15, 0.2) is 0 Å². The van der Waals surface area contributed by atoms with Crippen LogP contribution in [-0.4, -0.2) is 23.3 Å². The zero-order chi connectivity index (χ0) is 13.0. The molecule has 0 aliphatic carbocycles. The van der Waals surface area contributed by atoms with E-state index < -0.39 is 0 Å². The molecule has 1 aliphatic rings. The van der Waals surface area contributed by atoms with E-state index in [2.05, 4.69) is 10.6 Å². The summed E-state index contributed by atoms with van der Waals surface area (Å²) in [4.78, 5) is 22.9. The number of thioether (sulfide) groups is 1. The monoisotopic (exact) mass is 264 g/mol. The molecule has 1 heterocycles. The predicted molar refractivity (Wildman–Crippen MR) is 74.8 cm³/mol. The van der Waals surface area contributed by atoms with Crippen LogP contribution in [0.4, 0.5) is 11.4 Å². The molecule has 2 rings (SSSR count). The number of benzene rings is 1. The number of amides is 2. The van der Waals surface area contributed by atoms with E-state index in [1.165, 1.54) is 6.92 Å². The van der Waals surface area contributed by atoms with Crippen molar-refractivity contribution in [2.45, 2.75) is 13.3 Å². The Morgan fingerprint density at radius 2 is 2.00 bits per heavy atom. The van der Waals surface area contributed by atoms with Crippen LogP contribution in [0.25, 0.3) is 0 Å². The van der Waals surface area contributed by atoms with Crippen molar-refractivity contribution in [3.63, 3.8) is 0 Å². The third kappa shape index (κ3) is 3.50. The lowest BCUT2D eigenvalue weighted by Crippen LogP contribution is -2.22. The topological polar surface area (TPSA) is 58.2 Å². The summed E-state index contributed by atoms with van der Waals surface area (Å²) in [6.07, 6.45) is 0.946. The van der Waals surface area contributed by atoms with Crippen LogP contribution < -0.4 is 10.6 Å². The third-order valence-corrected chi connectivity index (χ3v) is 3.91. The van der Waals surface area contributed by atoms with Crippen molar-refractivity contribution < 1.29 is 9.59 Å². The van der Waals surface area contributed by atoms with Crippen LogP contribution >= 0.6 is 11.8 Å². The Kier molecular flexibility index (Phi) is 4.25. The molecule has 5 heteroatoms. The summed E-state index contributed by atoms with van der Waals surface area (Å²) in [7, 11) is 0. The fourth-order valence-corrected chi connectivity index (χ4v) is 3.08. The van der Waals surface area contributed by atoms with E-state index in [-0.39, 0.29) is 17.7 Å². The lowest BCUT2D eigenvalue weighted by Gasteiger charge is -2.11. The summed E-state index contributed by atoms with van der Waals surface area (Å²) in [6, 6.07) is 7.19. The van der Waals surface area contributed by atoms with Gasteiger partial charge >= 0.3 is 0 Å². The van der Waals surface area contributed by atoms with Crippen molar-refractivity contribution in [1.82, 2.24) is 0 Å². The zero-order valence-electron chi connectivity index (χ0n) is 10.2. The Morgan fingerprint density at radius 1 is 1.28 bits per heavy atom. The molecular formula is C13H16N2O2S. The Balaban J connectivity index is 2.00. The van der Waals surface area contributed by atoms with Gasteiger partial charge in [0.2, 0.25) is 11.8 Å². The number of nitrogens with one attached hydrogen (secondary N) is 2. The summed E-state index contributed by atoms with van der Waals surface area (Å²) < 4.78 is 0. The first kappa shape index (κ1) is 13.0. The van der Waals surface area contributed by atoms with E-state index in [4.69, 9.17) is 0 Å². The fraction of sp³-hybridized carbons (Fsp3) is 0.385. The Hall–Kier alpha value is -1.49. The summed E-state index contributed by atoms with van der Waals surface area (Å²) in [5.74, 6) is 2.02. The normalized spacial score (nSPS) is 18.4. The molecule has 0 bridgehead atoms. The van der Waals surface area contributed by atoms with Gasteiger partial charge in [-0.25, -0.2) is 0 Å². The Bertz CT molecular complexity index is 456. The average molecular weight is 264 g/mol. The van der Waals surface area contributed by atoms with Crippen LogP contribution in [0.2, 0.25) is 0 Å². The summed E-state index contributed by atoms with van der Waals surface area (Å²) in [5.41, 5.74) is 1.42. The van der Waals surface area contributed by atoms with Crippen LogP contribution in [-0.2, 0) is 9.59 Å². The van der Waals surface area contributed by atoms with Crippen LogP contribution in [0.15, 0.2) is 24.3 Å². The van der Waals surface area contributed by atoms with Gasteiger partial charge in [-0.1, -0.05) is 6.07 Å². The zero-order valence-corrected chi connectivity index (χ0v) is 11.0. The first-order chi connectivity index (χ1) is 8.65. The molecule has 0 radical (unpaired) electrons. The number of hydrogen-bond acceptors (Lipinski definition) is 3. The van der Waals surface area contributed by atoms with Crippen molar-refractivity contribution in [3.8, 4) is 0 Å². The van der Waals surface area contributed by atoms with Gasteiger partial charge in [0.05, 0.1) is 0 Å². The Morgan fingerprint density at radius 3 is 2.61 bits per heavy atom. The van der Waals surface area contributed by atoms with Crippen LogP contribution in [0.1, 0.15) is 13.3 Å². The van der Waals surface area contributed by atoms with Gasteiger partial charge in [-0.05, 0) is 30.4 Å². The van der Waals surface area contributed by atoms with Crippen LogP contribution in [0.3, 0.4) is 0 Å². The van der Waals surface area contributed by atoms with E-state index in [1.807, 2.05) is 23.9 Å². The molecule has 1 atom stereocenters. The van der Waals surface area contributed by atoms with Crippen LogP contribution in [0.5, 0.6) is 0 Å². The van der Waals surface area contributed by atoms with E-state index in [1.54, 1.807) is 12.1 Å². The lowest BCUT2D eigenvalue weighted by atomic mass is 10.1. The van der Waals surface area contributed by atoms with Gasteiger partial charge in [0, 0.05) is 30.0 Å². The van der Waals surface area contributed by atoms with Crippen molar-refractivity contribution in [3.05, 3.63) is 24.3 Å². The number of anilines is 2. The highest BCUT2D eigenvalue weighted by molar-refractivity contribution is 7.99. The molecule has 1 aromatic rings. The number of rotatable bonds is 3. The van der Waals surface area contributed by atoms with Gasteiger partial charge in [0.25, 0.3) is 0 Å². The van der Waals surface area contributed by atoms with Crippen molar-refractivity contribution >= 4 is 35.0 Å². The quantitative estimate of drug-likeness (QED) is 0.881. The molecule has 1 fully saturated rings. The molecule has 1 saturated heterocycles. The molecule has 18 heavy (non-hydrogen) atoms. The molecule has 96 valence electrons. The van der Waals surface area contributed by atoms with E-state index in [9.17, 15) is 9.59 Å².